The molecule has 0 aromatic heterocycles. The van der Waals surface area contributed by atoms with Gasteiger partial charge in [0.15, 0.2) is 0 Å². The van der Waals surface area contributed by atoms with Gasteiger partial charge in [-0.2, -0.15) is 5.26 Å². The van der Waals surface area contributed by atoms with E-state index in [2.05, 4.69) is 25.1 Å². The van der Waals surface area contributed by atoms with Crippen LogP contribution in [0.1, 0.15) is 29.5 Å². The molecule has 1 nitrogen and oxygen atoms in total. The van der Waals surface area contributed by atoms with E-state index in [9.17, 15) is 0 Å². The first-order valence-electron chi connectivity index (χ1n) is 5.47. The molecule has 84 valence electrons. The van der Waals surface area contributed by atoms with Crippen LogP contribution in [0.5, 0.6) is 0 Å². The van der Waals surface area contributed by atoms with Crippen LogP contribution in [0.15, 0.2) is 48.5 Å². The Kier molecular flexibility index (Phi) is 3.46. The number of halogens is 1. The average molecular weight is 242 g/mol. The van der Waals surface area contributed by atoms with Gasteiger partial charge in [-0.05, 0) is 29.3 Å². The molecule has 0 amide bonds. The molecule has 1 atom stereocenters. The third-order valence-electron chi connectivity index (χ3n) is 2.89. The molecule has 0 saturated heterocycles. The van der Waals surface area contributed by atoms with E-state index in [0.29, 0.717) is 10.6 Å². The minimum absolute atomic E-state index is 0.192. The van der Waals surface area contributed by atoms with E-state index in [1.807, 2.05) is 24.3 Å². The van der Waals surface area contributed by atoms with Gasteiger partial charge in [0.25, 0.3) is 0 Å². The predicted octanol–water partition coefficient (Wildman–Crippen LogP) is 4.36. The summed E-state index contributed by atoms with van der Waals surface area (Å²) in [7, 11) is 0. The lowest BCUT2D eigenvalue weighted by Crippen LogP contribution is -1.97. The van der Waals surface area contributed by atoms with Crippen molar-refractivity contribution >= 4 is 11.6 Å². The number of hydrogen-bond acceptors (Lipinski definition) is 1. The summed E-state index contributed by atoms with van der Waals surface area (Å²) in [4.78, 5) is 0. The van der Waals surface area contributed by atoms with E-state index in [1.165, 1.54) is 5.56 Å². The van der Waals surface area contributed by atoms with Gasteiger partial charge in [-0.25, -0.2) is 0 Å². The largest absolute Gasteiger partial charge is 0.192 e. The van der Waals surface area contributed by atoms with Crippen LogP contribution in [-0.2, 0) is 0 Å². The molecule has 0 heterocycles. The lowest BCUT2D eigenvalue weighted by molar-refractivity contribution is 0.922. The molecule has 0 spiro atoms. The molecule has 2 aromatic carbocycles. The Morgan fingerprint density at radius 3 is 2.47 bits per heavy atom. The van der Waals surface area contributed by atoms with E-state index in [4.69, 9.17) is 16.9 Å². The van der Waals surface area contributed by atoms with Crippen molar-refractivity contribution in [3.05, 3.63) is 70.2 Å². The summed E-state index contributed by atoms with van der Waals surface area (Å²) in [5, 5.41) is 9.62. The molecule has 0 unspecified atom stereocenters. The van der Waals surface area contributed by atoms with Crippen molar-refractivity contribution in [2.24, 2.45) is 0 Å². The molecule has 2 heteroatoms. The maximum absolute atomic E-state index is 8.91. The van der Waals surface area contributed by atoms with Crippen LogP contribution in [0.2, 0.25) is 5.02 Å². The fourth-order valence-corrected chi connectivity index (χ4v) is 2.15. The number of nitrogens with zero attached hydrogens (tertiary/aromatic N) is 1. The highest BCUT2D eigenvalue weighted by atomic mass is 35.5. The topological polar surface area (TPSA) is 23.8 Å². The number of hydrogen-bond donors (Lipinski definition) is 0. The van der Waals surface area contributed by atoms with Crippen LogP contribution in [0.3, 0.4) is 0 Å². The van der Waals surface area contributed by atoms with Crippen LogP contribution < -0.4 is 0 Å². The fourth-order valence-electron chi connectivity index (χ4n) is 1.87. The molecular formula is C15H12ClN. The molecule has 0 radical (unpaired) electrons. The summed E-state index contributed by atoms with van der Waals surface area (Å²) in [6, 6.07) is 17.7. The van der Waals surface area contributed by atoms with E-state index in [1.54, 1.807) is 12.1 Å². The van der Waals surface area contributed by atoms with E-state index < -0.39 is 0 Å². The van der Waals surface area contributed by atoms with Gasteiger partial charge in [0, 0.05) is 10.9 Å². The molecule has 0 bridgehead atoms. The molecule has 0 saturated carbocycles. The summed E-state index contributed by atoms with van der Waals surface area (Å²) >= 11 is 6.19. The maximum atomic E-state index is 8.91. The third-order valence-corrected chi connectivity index (χ3v) is 3.24. The zero-order chi connectivity index (χ0) is 12.3. The monoisotopic (exact) mass is 241 g/mol. The van der Waals surface area contributed by atoms with E-state index in [0.717, 1.165) is 5.56 Å². The highest BCUT2D eigenvalue weighted by Crippen LogP contribution is 2.30. The lowest BCUT2D eigenvalue weighted by Gasteiger charge is -2.14. The quantitative estimate of drug-likeness (QED) is 0.766. The zero-order valence-corrected chi connectivity index (χ0v) is 10.3. The van der Waals surface area contributed by atoms with Crippen molar-refractivity contribution < 1.29 is 0 Å². The van der Waals surface area contributed by atoms with Gasteiger partial charge in [-0.3, -0.25) is 0 Å². The van der Waals surface area contributed by atoms with Crippen LogP contribution in [0.4, 0.5) is 0 Å². The number of benzene rings is 2. The zero-order valence-electron chi connectivity index (χ0n) is 9.52. The molecule has 0 N–H and O–H groups in total. The third kappa shape index (κ3) is 2.49. The Hall–Kier alpha value is -1.78. The van der Waals surface area contributed by atoms with Gasteiger partial charge in [0.2, 0.25) is 0 Å². The standard InChI is InChI=1S/C15H12ClN/c1-11(13-5-3-2-4-6-13)14-9-12(10-17)7-8-15(14)16/h2-9,11H,1H3/t11-/m1/s1. The van der Waals surface area contributed by atoms with E-state index in [-0.39, 0.29) is 5.92 Å². The molecule has 2 rings (SSSR count). The van der Waals surface area contributed by atoms with Crippen molar-refractivity contribution in [2.75, 3.05) is 0 Å². The summed E-state index contributed by atoms with van der Waals surface area (Å²) < 4.78 is 0. The Morgan fingerprint density at radius 2 is 1.82 bits per heavy atom. The smallest absolute Gasteiger partial charge is 0.0991 e. The summed E-state index contributed by atoms with van der Waals surface area (Å²) in [5.41, 5.74) is 2.84. The second-order valence-corrected chi connectivity index (χ2v) is 4.39. The second kappa shape index (κ2) is 5.03. The molecule has 0 fully saturated rings. The highest BCUT2D eigenvalue weighted by molar-refractivity contribution is 6.31. The van der Waals surface area contributed by atoms with Crippen molar-refractivity contribution in [3.63, 3.8) is 0 Å². The second-order valence-electron chi connectivity index (χ2n) is 3.98. The first kappa shape index (κ1) is 11.7. The first-order chi connectivity index (χ1) is 8.22. The Balaban J connectivity index is 2.44. The molecule has 17 heavy (non-hydrogen) atoms. The Bertz CT molecular complexity index is 555. The van der Waals surface area contributed by atoms with Crippen molar-refractivity contribution in [3.8, 4) is 6.07 Å². The Morgan fingerprint density at radius 1 is 1.12 bits per heavy atom. The minimum Gasteiger partial charge on any atom is -0.192 e. The maximum Gasteiger partial charge on any atom is 0.0991 e. The van der Waals surface area contributed by atoms with Gasteiger partial charge < -0.3 is 0 Å². The van der Waals surface area contributed by atoms with Crippen molar-refractivity contribution in [1.82, 2.24) is 0 Å². The van der Waals surface area contributed by atoms with E-state index >= 15 is 0 Å². The van der Waals surface area contributed by atoms with Crippen molar-refractivity contribution in [2.45, 2.75) is 12.8 Å². The number of rotatable bonds is 2. The van der Waals surface area contributed by atoms with Gasteiger partial charge >= 0.3 is 0 Å². The minimum atomic E-state index is 0.192. The van der Waals surface area contributed by atoms with Gasteiger partial charge in [0.1, 0.15) is 0 Å². The summed E-state index contributed by atoms with van der Waals surface area (Å²) in [6.07, 6.45) is 0. The van der Waals surface area contributed by atoms with Gasteiger partial charge in [-0.15, -0.1) is 0 Å². The fraction of sp³-hybridized carbons (Fsp3) is 0.133. The SMILES string of the molecule is C[C@H](c1ccccc1)c1cc(C#N)ccc1Cl. The highest BCUT2D eigenvalue weighted by Gasteiger charge is 2.12. The predicted molar refractivity (Wildman–Crippen MR) is 70.1 cm³/mol. The Labute approximate surface area is 106 Å². The molecular weight excluding hydrogens is 230 g/mol. The average Bonchev–Trinajstić information content (AvgIpc) is 2.39. The molecule has 0 aliphatic heterocycles. The first-order valence-corrected chi connectivity index (χ1v) is 5.84. The van der Waals surface area contributed by atoms with Crippen LogP contribution in [0, 0.1) is 11.3 Å². The van der Waals surface area contributed by atoms with Gasteiger partial charge in [0.05, 0.1) is 11.6 Å². The summed E-state index contributed by atoms with van der Waals surface area (Å²) in [6.45, 7) is 2.09. The normalized spacial score (nSPS) is 11.8. The molecule has 2 aromatic rings. The number of nitriles is 1. The lowest BCUT2D eigenvalue weighted by atomic mass is 9.92. The molecule has 0 aliphatic carbocycles. The van der Waals surface area contributed by atoms with Crippen LogP contribution in [0.25, 0.3) is 0 Å². The van der Waals surface area contributed by atoms with Crippen LogP contribution in [-0.4, -0.2) is 0 Å². The van der Waals surface area contributed by atoms with Gasteiger partial charge in [-0.1, -0.05) is 48.9 Å². The molecule has 0 aliphatic rings. The summed E-state index contributed by atoms with van der Waals surface area (Å²) in [5.74, 6) is 0.192. The van der Waals surface area contributed by atoms with Crippen molar-refractivity contribution in [1.29, 1.82) is 5.26 Å². The van der Waals surface area contributed by atoms with Crippen LogP contribution >= 0.6 is 11.6 Å².